The highest BCUT2D eigenvalue weighted by atomic mass is 19.4. The molecule has 164 valence electrons. The lowest BCUT2D eigenvalue weighted by atomic mass is 9.97. The van der Waals surface area contributed by atoms with Gasteiger partial charge in [-0.25, -0.2) is 0 Å². The molecule has 0 saturated heterocycles. The number of carbonyl (C=O) groups excluding carboxylic acids is 2. The van der Waals surface area contributed by atoms with Crippen LogP contribution in [-0.4, -0.2) is 25.2 Å². The predicted molar refractivity (Wildman–Crippen MR) is 103 cm³/mol. The molecule has 0 N–H and O–H groups in total. The fourth-order valence-electron chi connectivity index (χ4n) is 2.72. The Hall–Kier alpha value is -3.54. The summed E-state index contributed by atoms with van der Waals surface area (Å²) in [7, 11) is 0. The molecule has 0 spiro atoms. The normalized spacial score (nSPS) is 11.0. The van der Waals surface area contributed by atoms with E-state index in [0.717, 1.165) is 18.2 Å². The van der Waals surface area contributed by atoms with Gasteiger partial charge in [0.05, 0.1) is 30.4 Å². The van der Waals surface area contributed by atoms with Crippen molar-refractivity contribution in [3.05, 3.63) is 59.2 Å². The Labute approximate surface area is 177 Å². The molecule has 0 heterocycles. The van der Waals surface area contributed by atoms with Gasteiger partial charge in [-0.3, -0.25) is 9.59 Å². The van der Waals surface area contributed by atoms with E-state index < -0.39 is 29.6 Å². The molecule has 2 aromatic rings. The summed E-state index contributed by atoms with van der Waals surface area (Å²) in [5.74, 6) is -3.15. The molecule has 0 unspecified atom stereocenters. The number of rotatable bonds is 8. The highest BCUT2D eigenvalue weighted by molar-refractivity contribution is 5.95. The number of alkyl halides is 3. The molecule has 2 aromatic carbocycles. The van der Waals surface area contributed by atoms with Crippen molar-refractivity contribution in [1.29, 1.82) is 5.26 Å². The van der Waals surface area contributed by atoms with E-state index in [0.29, 0.717) is 0 Å². The van der Waals surface area contributed by atoms with Crippen molar-refractivity contribution in [3.8, 4) is 17.6 Å². The predicted octanol–water partition coefficient (Wildman–Crippen LogP) is 4.65. The number of nitriles is 1. The van der Waals surface area contributed by atoms with E-state index in [-0.39, 0.29) is 42.3 Å². The Morgan fingerprint density at radius 1 is 1.03 bits per heavy atom. The van der Waals surface area contributed by atoms with Gasteiger partial charge in [0.2, 0.25) is 0 Å². The maximum atomic E-state index is 13.2. The molecule has 0 bridgehead atoms. The number of esters is 2. The molecular formula is C22H20F3NO5. The smallest absolute Gasteiger partial charge is 0.416 e. The minimum absolute atomic E-state index is 0.0199. The number of nitrogens with zero attached hydrogens (tertiary/aromatic N) is 1. The van der Waals surface area contributed by atoms with Crippen LogP contribution < -0.4 is 4.74 Å². The van der Waals surface area contributed by atoms with Crippen LogP contribution in [0, 0.1) is 17.2 Å². The third-order valence-electron chi connectivity index (χ3n) is 4.15. The van der Waals surface area contributed by atoms with E-state index >= 15 is 0 Å². The number of hydrogen-bond donors (Lipinski definition) is 0. The minimum atomic E-state index is -4.63. The van der Waals surface area contributed by atoms with E-state index in [2.05, 4.69) is 0 Å². The van der Waals surface area contributed by atoms with Crippen molar-refractivity contribution in [1.82, 2.24) is 0 Å². The molecule has 0 aliphatic heterocycles. The average Bonchev–Trinajstić information content (AvgIpc) is 2.72. The highest BCUT2D eigenvalue weighted by Gasteiger charge is 2.34. The van der Waals surface area contributed by atoms with Crippen LogP contribution in [0.1, 0.15) is 30.5 Å². The second-order valence-electron chi connectivity index (χ2n) is 6.32. The number of hydrogen-bond acceptors (Lipinski definition) is 6. The fraction of sp³-hybridized carbons (Fsp3) is 0.318. The summed E-state index contributed by atoms with van der Waals surface area (Å²) in [6, 6.07) is 10.5. The molecule has 0 radical (unpaired) electrons. The first kappa shape index (κ1) is 23.7. The number of ether oxygens (including phenoxy) is 3. The van der Waals surface area contributed by atoms with E-state index in [9.17, 15) is 22.8 Å². The van der Waals surface area contributed by atoms with Crippen LogP contribution in [0.25, 0.3) is 0 Å². The number of carbonyl (C=O) groups is 2. The summed E-state index contributed by atoms with van der Waals surface area (Å²) >= 11 is 0. The maximum absolute atomic E-state index is 13.2. The maximum Gasteiger partial charge on any atom is 0.416 e. The van der Waals surface area contributed by atoms with Gasteiger partial charge < -0.3 is 14.2 Å². The first-order valence-electron chi connectivity index (χ1n) is 9.41. The van der Waals surface area contributed by atoms with Crippen LogP contribution >= 0.6 is 0 Å². The van der Waals surface area contributed by atoms with E-state index in [4.69, 9.17) is 19.5 Å². The van der Waals surface area contributed by atoms with Gasteiger partial charge in [0.1, 0.15) is 11.5 Å². The Bertz CT molecular complexity index is 964. The van der Waals surface area contributed by atoms with Gasteiger partial charge in [-0.1, -0.05) is 12.1 Å². The molecule has 0 atom stereocenters. The van der Waals surface area contributed by atoms with Crippen molar-refractivity contribution in [2.24, 2.45) is 5.92 Å². The van der Waals surface area contributed by atoms with Gasteiger partial charge in [0.25, 0.3) is 0 Å². The van der Waals surface area contributed by atoms with Gasteiger partial charge in [-0.2, -0.15) is 18.4 Å². The van der Waals surface area contributed by atoms with Crippen molar-refractivity contribution >= 4 is 11.9 Å². The van der Waals surface area contributed by atoms with Crippen molar-refractivity contribution in [2.45, 2.75) is 26.4 Å². The first-order chi connectivity index (χ1) is 14.7. The zero-order valence-electron chi connectivity index (χ0n) is 16.9. The Morgan fingerprint density at radius 3 is 2.23 bits per heavy atom. The fourth-order valence-corrected chi connectivity index (χ4v) is 2.72. The molecular weight excluding hydrogens is 415 g/mol. The summed E-state index contributed by atoms with van der Waals surface area (Å²) in [5, 5.41) is 9.02. The van der Waals surface area contributed by atoms with Gasteiger partial charge in [0, 0.05) is 0 Å². The summed E-state index contributed by atoms with van der Waals surface area (Å²) in [5.41, 5.74) is -0.546. The van der Waals surface area contributed by atoms with E-state index in [1.807, 2.05) is 6.07 Å². The quantitative estimate of drug-likeness (QED) is 0.443. The third-order valence-corrected chi connectivity index (χ3v) is 4.15. The van der Waals surface area contributed by atoms with E-state index in [1.54, 1.807) is 13.8 Å². The molecule has 0 aliphatic rings. The SMILES string of the molecule is CCOC(=O)C(Cc1ccc(C(F)(F)F)cc1Oc1cccc(C#N)c1)C(=O)OCC. The van der Waals surface area contributed by atoms with Crippen molar-refractivity contribution in [3.63, 3.8) is 0 Å². The lowest BCUT2D eigenvalue weighted by Gasteiger charge is -2.18. The third kappa shape index (κ3) is 6.47. The highest BCUT2D eigenvalue weighted by Crippen LogP contribution is 2.36. The molecule has 0 amide bonds. The lowest BCUT2D eigenvalue weighted by Crippen LogP contribution is -2.30. The second-order valence-corrected chi connectivity index (χ2v) is 6.32. The molecule has 31 heavy (non-hydrogen) atoms. The first-order valence-corrected chi connectivity index (χ1v) is 9.41. The summed E-state index contributed by atoms with van der Waals surface area (Å²) in [4.78, 5) is 24.5. The summed E-state index contributed by atoms with van der Waals surface area (Å²) in [6.45, 7) is 3.17. The van der Waals surface area contributed by atoms with Gasteiger partial charge in [-0.15, -0.1) is 0 Å². The molecule has 9 heteroatoms. The molecule has 2 rings (SSSR count). The van der Waals surface area contributed by atoms with Crippen molar-refractivity contribution < 1.29 is 37.0 Å². The molecule has 6 nitrogen and oxygen atoms in total. The number of halogens is 3. The van der Waals surface area contributed by atoms with Crippen LogP contribution in [0.15, 0.2) is 42.5 Å². The molecule has 0 aliphatic carbocycles. The van der Waals surface area contributed by atoms with Crippen LogP contribution in [0.4, 0.5) is 13.2 Å². The van der Waals surface area contributed by atoms with Crippen LogP contribution in [0.2, 0.25) is 0 Å². The monoisotopic (exact) mass is 435 g/mol. The van der Waals surface area contributed by atoms with Gasteiger partial charge >= 0.3 is 18.1 Å². The zero-order chi connectivity index (χ0) is 23.0. The average molecular weight is 435 g/mol. The standard InChI is InChI=1S/C22H20F3NO5/c1-3-29-20(27)18(21(28)30-4-2)11-15-8-9-16(22(23,24)25)12-19(15)31-17-7-5-6-14(10-17)13-26/h5-10,12,18H,3-4,11H2,1-2H3. The Morgan fingerprint density at radius 2 is 1.68 bits per heavy atom. The Kier molecular flexibility index (Phi) is 8.02. The largest absolute Gasteiger partial charge is 0.465 e. The van der Waals surface area contributed by atoms with Gasteiger partial charge in [0.15, 0.2) is 5.92 Å². The van der Waals surface area contributed by atoms with E-state index in [1.165, 1.54) is 24.3 Å². The zero-order valence-corrected chi connectivity index (χ0v) is 16.9. The van der Waals surface area contributed by atoms with Crippen LogP contribution in [-0.2, 0) is 31.7 Å². The number of benzene rings is 2. The summed E-state index contributed by atoms with van der Waals surface area (Å²) in [6.07, 6.45) is -4.92. The molecule has 0 fully saturated rings. The summed E-state index contributed by atoms with van der Waals surface area (Å²) < 4.78 is 55.1. The van der Waals surface area contributed by atoms with Gasteiger partial charge in [-0.05, 0) is 56.2 Å². The van der Waals surface area contributed by atoms with Crippen LogP contribution in [0.3, 0.4) is 0 Å². The second kappa shape index (κ2) is 10.5. The van der Waals surface area contributed by atoms with Crippen molar-refractivity contribution in [2.75, 3.05) is 13.2 Å². The lowest BCUT2D eigenvalue weighted by molar-refractivity contribution is -0.161. The molecule has 0 saturated carbocycles. The Balaban J connectivity index is 2.47. The topological polar surface area (TPSA) is 85.6 Å². The molecule has 0 aromatic heterocycles. The van der Waals surface area contributed by atoms with Crippen LogP contribution in [0.5, 0.6) is 11.5 Å². The minimum Gasteiger partial charge on any atom is -0.465 e.